The number of rotatable bonds is 33. The number of hydroxylamine groups is 3. The number of amides is 3. The maximum Gasteiger partial charge on any atom is 0.474 e. The summed E-state index contributed by atoms with van der Waals surface area (Å²) in [6.45, 7) is 6.30. The average Bonchev–Trinajstić information content (AvgIpc) is 1.60. The molecule has 6 fully saturated rings. The average molecular weight is 1740 g/mol. The number of fused-ring (bicyclic) bond motifs is 3. The highest BCUT2D eigenvalue weighted by Crippen LogP contribution is 2.61. The van der Waals surface area contributed by atoms with E-state index in [9.17, 15) is 39.6 Å². The highest BCUT2D eigenvalue weighted by Gasteiger charge is 2.53. The van der Waals surface area contributed by atoms with E-state index >= 15 is 4.57 Å². The second-order valence-electron chi connectivity index (χ2n) is 33.9. The molecule has 3 aromatic heterocycles. The smallest absolute Gasteiger partial charge is 0.350 e. The molecule has 0 bridgehead atoms. The van der Waals surface area contributed by atoms with Crippen LogP contribution in [0.4, 0.5) is 0 Å². The molecule has 6 aromatic carbocycles. The lowest BCUT2D eigenvalue weighted by Crippen LogP contribution is -2.51. The number of benzene rings is 6. The van der Waals surface area contributed by atoms with Crippen LogP contribution in [0.2, 0.25) is 0 Å². The highest BCUT2D eigenvalue weighted by molar-refractivity contribution is 7.93. The van der Waals surface area contributed by atoms with Crippen LogP contribution in [0, 0.1) is 35.5 Å². The van der Waals surface area contributed by atoms with Crippen molar-refractivity contribution in [2.24, 2.45) is 0 Å². The molecule has 6 atom stereocenters. The summed E-state index contributed by atoms with van der Waals surface area (Å²) >= 11 is 0. The van der Waals surface area contributed by atoms with Crippen molar-refractivity contribution in [3.8, 4) is 35.5 Å². The first-order valence-electron chi connectivity index (χ1n) is 41.4. The number of carbonyl (C=O) groups is 3. The summed E-state index contributed by atoms with van der Waals surface area (Å²) in [4.78, 5) is 56.5. The first-order valence-corrected chi connectivity index (χ1v) is 48.6. The molecule has 0 radical (unpaired) electrons. The maximum atomic E-state index is 15.5. The van der Waals surface area contributed by atoms with Gasteiger partial charge in [0.1, 0.15) is 0 Å². The Bertz CT molecular complexity index is 5430. The van der Waals surface area contributed by atoms with Gasteiger partial charge < -0.3 is 14.2 Å². The van der Waals surface area contributed by atoms with Gasteiger partial charge in [0.15, 0.2) is 62.6 Å². The molecule has 3 N–H and O–H groups in total. The molecular weight excluding hydrogens is 1640 g/mol. The van der Waals surface area contributed by atoms with Crippen LogP contribution in [-0.4, -0.2) is 164 Å². The van der Waals surface area contributed by atoms with Gasteiger partial charge in [-0.05, 0) is 225 Å². The molecule has 3 aliphatic heterocycles. The lowest BCUT2D eigenvalue weighted by Gasteiger charge is -2.28. The summed E-state index contributed by atoms with van der Waals surface area (Å²) in [5, 5.41) is 16.4. The number of hydrogen-bond donors (Lipinski definition) is 3. The Kier molecular flexibility index (Phi) is 25.8. The zero-order chi connectivity index (χ0) is 85.8. The van der Waals surface area contributed by atoms with Crippen LogP contribution in [0.25, 0.3) is 32.7 Å². The Morgan fingerprint density at radius 1 is 0.410 bits per heavy atom. The van der Waals surface area contributed by atoms with Crippen LogP contribution in [-0.2, 0) is 127 Å². The quantitative estimate of drug-likeness (QED) is 0.0195. The monoisotopic (exact) mass is 1740 g/mol. The van der Waals surface area contributed by atoms with Crippen molar-refractivity contribution in [2.45, 2.75) is 205 Å². The first-order chi connectivity index (χ1) is 58.3. The number of sulfone groups is 3. The predicted octanol–water partition coefficient (Wildman–Crippen LogP) is 11.9. The van der Waals surface area contributed by atoms with E-state index in [1.807, 2.05) is 127 Å². The van der Waals surface area contributed by atoms with E-state index in [1.54, 1.807) is 32.6 Å². The molecule has 3 saturated carbocycles. The zero-order valence-corrected chi connectivity index (χ0v) is 72.6. The fourth-order valence-electron chi connectivity index (χ4n) is 15.2. The third-order valence-electron chi connectivity index (χ3n) is 24.9. The Morgan fingerprint density at radius 2 is 0.664 bits per heavy atom. The maximum absolute atomic E-state index is 15.5. The number of hydrogen-bond acceptors (Lipinski definition) is 22. The number of carbonyl (C=O) groups excluding carboxylic acids is 3. The number of aromatic nitrogens is 6. The van der Waals surface area contributed by atoms with Crippen LogP contribution in [0.5, 0.6) is 0 Å². The molecule has 3 amide bonds. The van der Waals surface area contributed by atoms with Crippen LogP contribution < -0.4 is 16.4 Å². The minimum Gasteiger partial charge on any atom is -0.350 e. The molecule has 15 rings (SSSR count). The summed E-state index contributed by atoms with van der Waals surface area (Å²) in [5.41, 5.74) is 15.2. The molecule has 0 spiro atoms. The molecular formula is C90H102N9O19PS3. The van der Waals surface area contributed by atoms with Crippen LogP contribution >= 0.6 is 7.82 Å². The Hall–Kier alpha value is -9.46. The van der Waals surface area contributed by atoms with Gasteiger partial charge in [0.05, 0.1) is 36.4 Å². The number of phosphoric ester groups is 1. The number of nitrogens with zero attached hydrogens (tertiary/aromatic N) is 6. The van der Waals surface area contributed by atoms with Crippen molar-refractivity contribution in [3.63, 3.8) is 0 Å². The molecule has 122 heavy (non-hydrogen) atoms. The summed E-state index contributed by atoms with van der Waals surface area (Å²) < 4.78 is 130. The fourth-order valence-corrected chi connectivity index (χ4v) is 19.1. The fraction of sp³-hybridized carbons (Fsp3) is 0.467. The molecule has 6 aliphatic rings. The minimum absolute atomic E-state index is 0.0597. The van der Waals surface area contributed by atoms with E-state index in [-0.39, 0.29) is 58.7 Å². The Balaban J connectivity index is 0.600. The van der Waals surface area contributed by atoms with E-state index < -0.39 is 104 Å². The largest absolute Gasteiger partial charge is 0.474 e. The molecule has 3 saturated heterocycles. The molecule has 644 valence electrons. The predicted molar refractivity (Wildman–Crippen MR) is 457 cm³/mol. The number of ether oxygens (including phenoxy) is 3. The number of phosphoric acid groups is 1. The topological polar surface area (TPSA) is 343 Å². The zero-order valence-electron chi connectivity index (χ0n) is 69.3. The molecule has 3 aliphatic carbocycles. The van der Waals surface area contributed by atoms with Crippen molar-refractivity contribution in [1.29, 1.82) is 0 Å². The highest BCUT2D eigenvalue weighted by atomic mass is 32.2. The van der Waals surface area contributed by atoms with Crippen molar-refractivity contribution < 1.29 is 86.5 Å². The number of aryl methyl sites for hydroxylation is 3. The second kappa shape index (κ2) is 36.0. The van der Waals surface area contributed by atoms with Gasteiger partial charge in [-0.1, -0.05) is 71.9 Å². The Labute approximate surface area is 711 Å². The van der Waals surface area contributed by atoms with Gasteiger partial charge in [0.25, 0.3) is 17.7 Å². The normalized spacial score (nSPS) is 20.5. The molecule has 32 heteroatoms. The van der Waals surface area contributed by atoms with Crippen molar-refractivity contribution >= 4 is 87.8 Å². The third-order valence-corrected chi connectivity index (χ3v) is 32.3. The van der Waals surface area contributed by atoms with Crippen molar-refractivity contribution in [3.05, 3.63) is 196 Å². The molecule has 6 heterocycles. The summed E-state index contributed by atoms with van der Waals surface area (Å²) in [6, 6.07) is 40.8. The van der Waals surface area contributed by atoms with Crippen molar-refractivity contribution in [1.82, 2.24) is 45.8 Å². The molecule has 28 nitrogen and oxygen atoms in total. The minimum atomic E-state index is -4.28. The van der Waals surface area contributed by atoms with Gasteiger partial charge in [-0.2, -0.15) is 15.3 Å². The van der Waals surface area contributed by atoms with Gasteiger partial charge >= 0.3 is 7.82 Å². The standard InChI is InChI=1S/C90H102N9O19PS3/c1-85(120(4,104)105,82(100)94-116-79-13-7-10-52-110-79)46-49-97-58-70-55-67(28-37-76(70)91-97)19-16-64-22-31-73(32-23-64)88(40-41-88)61-113-119(103,114-62-89(42-43-89)74-33-24-65(25-34-74)17-20-68-29-38-77-71(56-68)59-98(92-77)50-47-86(2,121(5,106)107)83(101)95-117-80-14-8-11-53-111-80)115-63-90(44-45-90)75-35-26-66(27-36-75)18-21-69-30-39-78-72(57-69)60-99(93-78)51-48-87(3,122(6,108)109)84(102)96-118-81-15-9-12-54-112-81/h22-39,55-60,79-81H,7-15,40-54,61-63H2,1-6H3,(H,94,100)(H,95,101)(H,96,102). The van der Waals surface area contributed by atoms with Gasteiger partial charge in [-0.15, -0.1) is 0 Å². The van der Waals surface area contributed by atoms with E-state index in [0.29, 0.717) is 55.6 Å². The van der Waals surface area contributed by atoms with Gasteiger partial charge in [0.2, 0.25) is 0 Å². The Morgan fingerprint density at radius 3 is 0.902 bits per heavy atom. The second-order valence-corrected chi connectivity index (χ2v) is 42.9. The summed E-state index contributed by atoms with van der Waals surface area (Å²) in [7, 11) is -16.0. The van der Waals surface area contributed by atoms with E-state index in [4.69, 9.17) is 42.3 Å². The SMILES string of the molecule is CC(CCn1cc2cc(C#Cc3ccc(C4(COP(=O)(OCC5(c6ccc(C#Cc7ccc8nn(CCC(C)(C(=O)NOC9CCCCO9)S(C)(=O)=O)cc8c7)cc6)CC5)OCC5(c6ccc(C#Cc7ccc8nn(CCC(C)(C(=O)NOC9CCCCO9)S(C)(=O)=O)cc8c7)cc6)CC5)CC4)cc3)ccc2n1)(C(=O)NOC1CCCCO1)S(C)(=O)=O. The third kappa shape index (κ3) is 20.5. The summed E-state index contributed by atoms with van der Waals surface area (Å²) in [5.74, 6) is 17.4. The van der Waals surface area contributed by atoms with Gasteiger partial charge in [-0.25, -0.2) is 60.8 Å². The van der Waals surface area contributed by atoms with Crippen LogP contribution in [0.1, 0.15) is 186 Å². The van der Waals surface area contributed by atoms with Crippen molar-refractivity contribution in [2.75, 3.05) is 58.4 Å². The van der Waals surface area contributed by atoms with E-state index in [0.717, 1.165) is 162 Å². The molecule has 6 unspecified atom stereocenters. The number of nitrogens with one attached hydrogen (secondary N) is 3. The van der Waals surface area contributed by atoms with Crippen LogP contribution in [0.15, 0.2) is 146 Å². The van der Waals surface area contributed by atoms with Crippen LogP contribution in [0.3, 0.4) is 0 Å². The molecule has 9 aromatic rings. The lowest BCUT2D eigenvalue weighted by molar-refractivity contribution is -0.201. The van der Waals surface area contributed by atoms with E-state index in [2.05, 4.69) is 67.3 Å². The lowest BCUT2D eigenvalue weighted by atomic mass is 9.96. The first kappa shape index (κ1) is 87.4. The van der Waals surface area contributed by atoms with Gasteiger partial charge in [-0.3, -0.25) is 42.0 Å². The van der Waals surface area contributed by atoms with Gasteiger partial charge in [0, 0.05) is 162 Å². The summed E-state index contributed by atoms with van der Waals surface area (Å²) in [6.07, 6.45) is 18.2. The van der Waals surface area contributed by atoms with E-state index in [1.165, 1.54) is 20.8 Å².